The Balaban J connectivity index is 1.96. The van der Waals surface area contributed by atoms with Crippen molar-refractivity contribution in [2.75, 3.05) is 13.1 Å². The molecule has 16 heavy (non-hydrogen) atoms. The number of likely N-dealkylation sites (tertiary alicyclic amines) is 1. The molecule has 0 amide bonds. The molecule has 4 heteroatoms. The van der Waals surface area contributed by atoms with Crippen LogP contribution >= 0.6 is 0 Å². The van der Waals surface area contributed by atoms with Crippen molar-refractivity contribution in [3.8, 4) is 0 Å². The standard InChI is InChI=1S/C12H17NO3/c1-8-5-13(7-11(8)12(14)15)6-10-4-3-9(2)16-10/h3-4,8,11H,5-7H2,1-2H3,(H,14,15)/t8-,11-/m1/s1. The van der Waals surface area contributed by atoms with E-state index in [0.29, 0.717) is 13.1 Å². The van der Waals surface area contributed by atoms with Crippen molar-refractivity contribution in [2.24, 2.45) is 11.8 Å². The third-order valence-electron chi connectivity index (χ3n) is 3.18. The van der Waals surface area contributed by atoms with Gasteiger partial charge < -0.3 is 9.52 Å². The minimum atomic E-state index is -0.689. The largest absolute Gasteiger partial charge is 0.481 e. The molecule has 1 aromatic rings. The number of aliphatic carboxylic acids is 1. The summed E-state index contributed by atoms with van der Waals surface area (Å²) in [5.41, 5.74) is 0. The summed E-state index contributed by atoms with van der Waals surface area (Å²) >= 11 is 0. The zero-order chi connectivity index (χ0) is 11.7. The van der Waals surface area contributed by atoms with Gasteiger partial charge in [0, 0.05) is 13.1 Å². The molecular weight excluding hydrogens is 206 g/mol. The van der Waals surface area contributed by atoms with Gasteiger partial charge in [-0.15, -0.1) is 0 Å². The summed E-state index contributed by atoms with van der Waals surface area (Å²) in [6, 6.07) is 3.89. The van der Waals surface area contributed by atoms with Crippen LogP contribution in [0, 0.1) is 18.8 Å². The summed E-state index contributed by atoms with van der Waals surface area (Å²) in [5, 5.41) is 9.02. The van der Waals surface area contributed by atoms with Crippen LogP contribution < -0.4 is 0 Å². The van der Waals surface area contributed by atoms with Crippen LogP contribution in [0.15, 0.2) is 16.5 Å². The lowest BCUT2D eigenvalue weighted by Gasteiger charge is -2.12. The van der Waals surface area contributed by atoms with E-state index in [1.54, 1.807) is 0 Å². The molecular formula is C12H17NO3. The van der Waals surface area contributed by atoms with Crippen molar-refractivity contribution in [3.05, 3.63) is 23.7 Å². The maximum absolute atomic E-state index is 11.0. The Morgan fingerprint density at radius 3 is 2.81 bits per heavy atom. The van der Waals surface area contributed by atoms with Gasteiger partial charge in [-0.3, -0.25) is 9.69 Å². The highest BCUT2D eigenvalue weighted by Gasteiger charge is 2.34. The van der Waals surface area contributed by atoms with Crippen LogP contribution in [-0.4, -0.2) is 29.1 Å². The Bertz CT molecular complexity index is 385. The summed E-state index contributed by atoms with van der Waals surface area (Å²) in [5.74, 6) is 1.10. The van der Waals surface area contributed by atoms with E-state index >= 15 is 0 Å². The van der Waals surface area contributed by atoms with Crippen molar-refractivity contribution in [3.63, 3.8) is 0 Å². The number of aryl methyl sites for hydroxylation is 1. The van der Waals surface area contributed by atoms with Gasteiger partial charge in [-0.1, -0.05) is 6.92 Å². The minimum Gasteiger partial charge on any atom is -0.481 e. The monoisotopic (exact) mass is 223 g/mol. The van der Waals surface area contributed by atoms with E-state index in [2.05, 4.69) is 4.90 Å². The first-order valence-corrected chi connectivity index (χ1v) is 5.56. The molecule has 2 atom stereocenters. The average molecular weight is 223 g/mol. The van der Waals surface area contributed by atoms with E-state index in [4.69, 9.17) is 9.52 Å². The molecule has 1 saturated heterocycles. The molecule has 1 aromatic heterocycles. The fraction of sp³-hybridized carbons (Fsp3) is 0.583. The first-order valence-electron chi connectivity index (χ1n) is 5.56. The average Bonchev–Trinajstić information content (AvgIpc) is 2.73. The zero-order valence-electron chi connectivity index (χ0n) is 9.64. The van der Waals surface area contributed by atoms with Crippen LogP contribution in [0.5, 0.6) is 0 Å². The van der Waals surface area contributed by atoms with Crippen LogP contribution in [0.1, 0.15) is 18.4 Å². The quantitative estimate of drug-likeness (QED) is 0.848. The van der Waals surface area contributed by atoms with Gasteiger partial charge >= 0.3 is 5.97 Å². The van der Waals surface area contributed by atoms with Crippen LogP contribution in [0.2, 0.25) is 0 Å². The maximum Gasteiger partial charge on any atom is 0.308 e. The maximum atomic E-state index is 11.0. The number of hydrogen-bond donors (Lipinski definition) is 1. The van der Waals surface area contributed by atoms with Gasteiger partial charge in [0.05, 0.1) is 12.5 Å². The first-order chi connectivity index (χ1) is 7.56. The molecule has 2 rings (SSSR count). The predicted molar refractivity (Wildman–Crippen MR) is 59.0 cm³/mol. The fourth-order valence-corrected chi connectivity index (χ4v) is 2.31. The molecule has 1 aliphatic rings. The molecule has 0 spiro atoms. The fourth-order valence-electron chi connectivity index (χ4n) is 2.31. The Labute approximate surface area is 94.9 Å². The number of carboxylic acids is 1. The number of rotatable bonds is 3. The SMILES string of the molecule is Cc1ccc(CN2C[C@@H](C)[C@H](C(=O)O)C2)o1. The van der Waals surface area contributed by atoms with Gasteiger partial charge in [-0.25, -0.2) is 0 Å². The summed E-state index contributed by atoms with van der Waals surface area (Å²) in [6.45, 7) is 6.07. The second-order valence-corrected chi connectivity index (χ2v) is 4.63. The van der Waals surface area contributed by atoms with Gasteiger partial charge in [-0.05, 0) is 25.0 Å². The Kier molecular flexibility index (Phi) is 3.01. The minimum absolute atomic E-state index is 0.216. The molecule has 1 aliphatic heterocycles. The van der Waals surface area contributed by atoms with E-state index in [1.165, 1.54) is 0 Å². The molecule has 2 heterocycles. The molecule has 1 N–H and O–H groups in total. The van der Waals surface area contributed by atoms with E-state index in [-0.39, 0.29) is 11.8 Å². The molecule has 4 nitrogen and oxygen atoms in total. The van der Waals surface area contributed by atoms with Crippen molar-refractivity contribution in [2.45, 2.75) is 20.4 Å². The highest BCUT2D eigenvalue weighted by molar-refractivity contribution is 5.71. The third kappa shape index (κ3) is 2.27. The summed E-state index contributed by atoms with van der Waals surface area (Å²) in [6.07, 6.45) is 0. The van der Waals surface area contributed by atoms with Crippen molar-refractivity contribution in [1.29, 1.82) is 0 Å². The van der Waals surface area contributed by atoms with Crippen LogP contribution in [-0.2, 0) is 11.3 Å². The summed E-state index contributed by atoms with van der Waals surface area (Å²) in [7, 11) is 0. The van der Waals surface area contributed by atoms with E-state index in [9.17, 15) is 4.79 Å². The molecule has 0 saturated carbocycles. The zero-order valence-corrected chi connectivity index (χ0v) is 9.64. The number of hydrogen-bond acceptors (Lipinski definition) is 3. The molecule has 0 radical (unpaired) electrons. The number of nitrogens with zero attached hydrogens (tertiary/aromatic N) is 1. The van der Waals surface area contributed by atoms with E-state index in [1.807, 2.05) is 26.0 Å². The highest BCUT2D eigenvalue weighted by Crippen LogP contribution is 2.24. The molecule has 0 aliphatic carbocycles. The van der Waals surface area contributed by atoms with Gasteiger partial charge in [-0.2, -0.15) is 0 Å². The van der Waals surface area contributed by atoms with E-state index < -0.39 is 5.97 Å². The van der Waals surface area contributed by atoms with Gasteiger partial charge in [0.25, 0.3) is 0 Å². The first kappa shape index (κ1) is 11.2. The third-order valence-corrected chi connectivity index (χ3v) is 3.18. The molecule has 0 aromatic carbocycles. The smallest absolute Gasteiger partial charge is 0.308 e. The lowest BCUT2D eigenvalue weighted by molar-refractivity contribution is -0.142. The number of furan rings is 1. The topological polar surface area (TPSA) is 53.7 Å². The highest BCUT2D eigenvalue weighted by atomic mass is 16.4. The van der Waals surface area contributed by atoms with Crippen LogP contribution in [0.3, 0.4) is 0 Å². The van der Waals surface area contributed by atoms with Gasteiger partial charge in [0.2, 0.25) is 0 Å². The lowest BCUT2D eigenvalue weighted by atomic mass is 9.99. The second kappa shape index (κ2) is 4.29. The van der Waals surface area contributed by atoms with Crippen molar-refractivity contribution < 1.29 is 14.3 Å². The number of carboxylic acid groups (broad SMARTS) is 1. The van der Waals surface area contributed by atoms with Crippen LogP contribution in [0.4, 0.5) is 0 Å². The molecule has 0 bridgehead atoms. The lowest BCUT2D eigenvalue weighted by Crippen LogP contribution is -2.22. The summed E-state index contributed by atoms with van der Waals surface area (Å²) < 4.78 is 5.49. The number of carbonyl (C=O) groups is 1. The Morgan fingerprint density at radius 2 is 2.31 bits per heavy atom. The predicted octanol–water partition coefficient (Wildman–Crippen LogP) is 1.74. The van der Waals surface area contributed by atoms with Crippen molar-refractivity contribution in [1.82, 2.24) is 4.90 Å². The normalized spacial score (nSPS) is 26.1. The summed E-state index contributed by atoms with van der Waals surface area (Å²) in [4.78, 5) is 13.1. The Morgan fingerprint density at radius 1 is 1.56 bits per heavy atom. The van der Waals surface area contributed by atoms with Gasteiger partial charge in [0.15, 0.2) is 0 Å². The molecule has 0 unspecified atom stereocenters. The van der Waals surface area contributed by atoms with E-state index in [0.717, 1.165) is 18.1 Å². The Hall–Kier alpha value is -1.29. The van der Waals surface area contributed by atoms with Gasteiger partial charge in [0.1, 0.15) is 11.5 Å². The van der Waals surface area contributed by atoms with Crippen molar-refractivity contribution >= 4 is 5.97 Å². The second-order valence-electron chi connectivity index (χ2n) is 4.63. The molecule has 88 valence electrons. The molecule has 1 fully saturated rings. The van der Waals surface area contributed by atoms with Crippen LogP contribution in [0.25, 0.3) is 0 Å².